The number of halogens is 3. The number of nitriles is 1. The van der Waals surface area contributed by atoms with E-state index in [1.807, 2.05) is 23.1 Å². The van der Waals surface area contributed by atoms with E-state index in [1.165, 1.54) is 12.3 Å². The van der Waals surface area contributed by atoms with Crippen LogP contribution in [0.25, 0.3) is 22.2 Å². The van der Waals surface area contributed by atoms with Crippen LogP contribution in [0.4, 0.5) is 13.2 Å². The first-order valence-corrected chi connectivity index (χ1v) is 12.2. The molecule has 194 valence electrons. The molecule has 2 fully saturated rings. The van der Waals surface area contributed by atoms with Crippen LogP contribution in [0, 0.1) is 11.3 Å². The Morgan fingerprint density at radius 3 is 2.66 bits per heavy atom. The highest BCUT2D eigenvalue weighted by Crippen LogP contribution is 2.40. The van der Waals surface area contributed by atoms with Crippen molar-refractivity contribution in [2.75, 3.05) is 6.61 Å². The van der Waals surface area contributed by atoms with Crippen molar-refractivity contribution >= 4 is 10.9 Å². The molecule has 1 aliphatic carbocycles. The molecule has 0 spiro atoms. The Hall–Kier alpha value is -4.11. The molecule has 0 amide bonds. The molecule has 5 heterocycles. The van der Waals surface area contributed by atoms with Gasteiger partial charge in [-0.1, -0.05) is 0 Å². The number of pyridine rings is 2. The average Bonchev–Trinajstić information content (AvgIpc) is 3.65. The minimum Gasteiger partial charge on any atom is -0.373 e. The zero-order valence-corrected chi connectivity index (χ0v) is 20.3. The van der Waals surface area contributed by atoms with Crippen LogP contribution in [0.5, 0.6) is 0 Å². The Balaban J connectivity index is 1.46. The molecule has 12 heteroatoms. The van der Waals surface area contributed by atoms with E-state index < -0.39 is 17.6 Å². The maximum absolute atomic E-state index is 13.7. The summed E-state index contributed by atoms with van der Waals surface area (Å²) in [5, 5.41) is 13.6. The van der Waals surface area contributed by atoms with Crippen LogP contribution in [-0.4, -0.2) is 35.9 Å². The fraction of sp³-hybridized carbons (Fsp3) is 0.385. The van der Waals surface area contributed by atoms with Crippen molar-refractivity contribution in [2.45, 2.75) is 49.9 Å². The Kier molecular flexibility index (Phi) is 5.75. The SMILES string of the molecule is Cn1c(C(F)(F)F)nc2c(-c3ccc(C#N)nc3)nc([C@H]3CCO[C@@H](c4cnn(C5CC5)c4)C3)cc2c1=O. The van der Waals surface area contributed by atoms with Gasteiger partial charge in [0, 0.05) is 48.8 Å². The maximum Gasteiger partial charge on any atom is 0.449 e. The van der Waals surface area contributed by atoms with Gasteiger partial charge in [-0.25, -0.2) is 9.97 Å². The van der Waals surface area contributed by atoms with Gasteiger partial charge < -0.3 is 4.74 Å². The van der Waals surface area contributed by atoms with Crippen molar-refractivity contribution in [3.05, 3.63) is 69.9 Å². The molecule has 2 atom stereocenters. The van der Waals surface area contributed by atoms with E-state index in [1.54, 1.807) is 12.1 Å². The first-order valence-electron chi connectivity index (χ1n) is 12.2. The van der Waals surface area contributed by atoms with Crippen molar-refractivity contribution in [2.24, 2.45) is 7.05 Å². The second-order valence-electron chi connectivity index (χ2n) is 9.70. The van der Waals surface area contributed by atoms with Gasteiger partial charge in [0.15, 0.2) is 0 Å². The summed E-state index contributed by atoms with van der Waals surface area (Å²) < 4.78 is 49.6. The van der Waals surface area contributed by atoms with E-state index in [-0.39, 0.29) is 34.3 Å². The molecule has 1 saturated carbocycles. The molecular weight excluding hydrogens is 499 g/mol. The largest absolute Gasteiger partial charge is 0.449 e. The highest BCUT2D eigenvalue weighted by atomic mass is 19.4. The molecule has 4 aromatic heterocycles. The summed E-state index contributed by atoms with van der Waals surface area (Å²) in [6, 6.07) is 6.90. The topological polar surface area (TPSA) is 112 Å². The predicted molar refractivity (Wildman–Crippen MR) is 129 cm³/mol. The van der Waals surface area contributed by atoms with Gasteiger partial charge in [0.2, 0.25) is 5.82 Å². The van der Waals surface area contributed by atoms with E-state index in [0.29, 0.717) is 41.3 Å². The molecule has 0 aromatic carbocycles. The van der Waals surface area contributed by atoms with E-state index in [2.05, 4.69) is 15.1 Å². The Labute approximate surface area is 214 Å². The molecule has 0 bridgehead atoms. The number of alkyl halides is 3. The summed E-state index contributed by atoms with van der Waals surface area (Å²) >= 11 is 0. The standard InChI is InChI=1S/C26H22F3N7O2/c1-35-24(37)19-9-20(14-6-7-38-21(8-14)16-12-32-36(13-16)18-4-5-18)33-22(15-2-3-17(10-30)31-11-15)23(19)34-25(35)26(27,28)29/h2-3,9,11-14,18,21H,4-8H2,1H3/t14-,21+/m0/s1. The van der Waals surface area contributed by atoms with Gasteiger partial charge in [-0.2, -0.15) is 23.5 Å². The van der Waals surface area contributed by atoms with Crippen molar-refractivity contribution in [3.8, 4) is 17.3 Å². The lowest BCUT2D eigenvalue weighted by atomic mass is 9.89. The second kappa shape index (κ2) is 9.02. The van der Waals surface area contributed by atoms with Crippen LogP contribution in [0.2, 0.25) is 0 Å². The molecule has 6 rings (SSSR count). The fourth-order valence-electron chi connectivity index (χ4n) is 4.91. The lowest BCUT2D eigenvalue weighted by molar-refractivity contribution is -0.147. The Bertz CT molecular complexity index is 1630. The molecule has 1 saturated heterocycles. The quantitative estimate of drug-likeness (QED) is 0.390. The van der Waals surface area contributed by atoms with Gasteiger partial charge in [0.05, 0.1) is 29.4 Å². The lowest BCUT2D eigenvalue weighted by Gasteiger charge is -2.29. The minimum absolute atomic E-state index is 0.0365. The lowest BCUT2D eigenvalue weighted by Crippen LogP contribution is -2.28. The molecule has 9 nitrogen and oxygen atoms in total. The highest BCUT2D eigenvalue weighted by Gasteiger charge is 2.37. The highest BCUT2D eigenvalue weighted by molar-refractivity contribution is 5.91. The van der Waals surface area contributed by atoms with Gasteiger partial charge in [-0.05, 0) is 43.9 Å². The van der Waals surface area contributed by atoms with E-state index in [4.69, 9.17) is 15.0 Å². The van der Waals surface area contributed by atoms with E-state index in [0.717, 1.165) is 25.5 Å². The molecule has 0 unspecified atom stereocenters. The fourth-order valence-corrected chi connectivity index (χ4v) is 4.91. The number of hydrogen-bond donors (Lipinski definition) is 0. The summed E-state index contributed by atoms with van der Waals surface area (Å²) in [6.07, 6.45) is 3.56. The van der Waals surface area contributed by atoms with Crippen molar-refractivity contribution < 1.29 is 17.9 Å². The zero-order chi connectivity index (χ0) is 26.6. The van der Waals surface area contributed by atoms with Crippen LogP contribution >= 0.6 is 0 Å². The number of nitrogens with zero attached hydrogens (tertiary/aromatic N) is 7. The number of ether oxygens (including phenoxy) is 1. The van der Waals surface area contributed by atoms with Crippen LogP contribution in [0.15, 0.2) is 41.6 Å². The minimum atomic E-state index is -4.83. The molecule has 4 aromatic rings. The van der Waals surface area contributed by atoms with Crippen LogP contribution < -0.4 is 5.56 Å². The Morgan fingerprint density at radius 1 is 1.16 bits per heavy atom. The third-order valence-electron chi connectivity index (χ3n) is 7.10. The monoisotopic (exact) mass is 521 g/mol. The van der Waals surface area contributed by atoms with Gasteiger partial charge >= 0.3 is 6.18 Å². The summed E-state index contributed by atoms with van der Waals surface area (Å²) in [5.74, 6) is -1.43. The summed E-state index contributed by atoms with van der Waals surface area (Å²) in [5.41, 5.74) is 1.17. The molecule has 1 aliphatic heterocycles. The summed E-state index contributed by atoms with van der Waals surface area (Å²) in [7, 11) is 1.06. The third kappa shape index (κ3) is 4.32. The first kappa shape index (κ1) is 24.2. The summed E-state index contributed by atoms with van der Waals surface area (Å²) in [6.45, 7) is 0.459. The van der Waals surface area contributed by atoms with Crippen molar-refractivity contribution in [1.82, 2.24) is 29.3 Å². The van der Waals surface area contributed by atoms with Crippen LogP contribution in [0.3, 0.4) is 0 Å². The molecule has 2 aliphatic rings. The van der Waals surface area contributed by atoms with Crippen molar-refractivity contribution in [3.63, 3.8) is 0 Å². The Morgan fingerprint density at radius 2 is 1.97 bits per heavy atom. The van der Waals surface area contributed by atoms with E-state index in [9.17, 15) is 18.0 Å². The number of rotatable bonds is 4. The average molecular weight is 522 g/mol. The molecular formula is C26H22F3N7O2. The van der Waals surface area contributed by atoms with Gasteiger partial charge in [0.25, 0.3) is 5.56 Å². The number of hydrogen-bond acceptors (Lipinski definition) is 7. The van der Waals surface area contributed by atoms with Crippen molar-refractivity contribution in [1.29, 1.82) is 5.26 Å². The maximum atomic E-state index is 13.7. The second-order valence-corrected chi connectivity index (χ2v) is 9.70. The smallest absolute Gasteiger partial charge is 0.373 e. The van der Waals surface area contributed by atoms with Gasteiger partial charge in [-0.3, -0.25) is 19.0 Å². The van der Waals surface area contributed by atoms with Gasteiger partial charge in [-0.15, -0.1) is 0 Å². The molecule has 38 heavy (non-hydrogen) atoms. The van der Waals surface area contributed by atoms with Crippen LogP contribution in [0.1, 0.15) is 66.5 Å². The van der Waals surface area contributed by atoms with E-state index >= 15 is 0 Å². The van der Waals surface area contributed by atoms with Gasteiger partial charge in [0.1, 0.15) is 17.3 Å². The molecule has 0 radical (unpaired) electrons. The molecule has 0 N–H and O–H groups in total. The predicted octanol–water partition coefficient (Wildman–Crippen LogP) is 4.45. The third-order valence-corrected chi connectivity index (χ3v) is 7.10. The number of aromatic nitrogens is 6. The first-order chi connectivity index (χ1) is 18.2. The number of fused-ring (bicyclic) bond motifs is 1. The van der Waals surface area contributed by atoms with Crippen LogP contribution in [-0.2, 0) is 18.0 Å². The zero-order valence-electron chi connectivity index (χ0n) is 20.3. The normalized spacial score (nSPS) is 20.0. The summed E-state index contributed by atoms with van der Waals surface area (Å²) in [4.78, 5) is 25.8.